The molecule has 0 saturated carbocycles. The van der Waals surface area contributed by atoms with Crippen molar-refractivity contribution in [3.05, 3.63) is 64.6 Å². The molecular weight excluding hydrogens is 431 g/mol. The Morgan fingerprint density at radius 2 is 1.66 bits per heavy atom. The summed E-state index contributed by atoms with van der Waals surface area (Å²) >= 11 is 0. The number of anilines is 3. The first-order valence-corrected chi connectivity index (χ1v) is 10.3. The quantitative estimate of drug-likeness (QED) is 0.541. The molecule has 6 nitrogen and oxygen atoms in total. The number of ether oxygens (including phenoxy) is 2. The maximum atomic E-state index is 13.2. The summed E-state index contributed by atoms with van der Waals surface area (Å²) in [4.78, 5) is 11.7. The summed E-state index contributed by atoms with van der Waals surface area (Å²) in [6.45, 7) is 6.97. The first-order chi connectivity index (χ1) is 14.9. The second kappa shape index (κ2) is 9.61. The van der Waals surface area contributed by atoms with E-state index in [-0.39, 0.29) is 24.3 Å². The molecule has 0 spiro atoms. The zero-order valence-electron chi connectivity index (χ0n) is 18.9. The van der Waals surface area contributed by atoms with Crippen LogP contribution < -0.4 is 19.7 Å². The van der Waals surface area contributed by atoms with Gasteiger partial charge in [-0.25, -0.2) is 9.37 Å². The van der Waals surface area contributed by atoms with Crippen molar-refractivity contribution in [1.29, 1.82) is 0 Å². The van der Waals surface area contributed by atoms with Crippen LogP contribution in [0.5, 0.6) is 11.5 Å². The smallest absolute Gasteiger partial charge is 0.229 e. The fraction of sp³-hybridized carbons (Fsp3) is 0.333. The van der Waals surface area contributed by atoms with Gasteiger partial charge in [-0.05, 0) is 63.6 Å². The molecule has 2 aromatic carbocycles. The number of nitrogens with zero attached hydrogens (tertiary/aromatic N) is 3. The van der Waals surface area contributed by atoms with Crippen molar-refractivity contribution in [3.8, 4) is 11.5 Å². The Kier molecular flexibility index (Phi) is 7.09. The molecule has 32 heavy (non-hydrogen) atoms. The largest absolute Gasteiger partial charge is 0.496 e. The molecule has 170 valence electrons. The van der Waals surface area contributed by atoms with Crippen LogP contribution in [0.3, 0.4) is 0 Å². The molecule has 0 bridgehead atoms. The Morgan fingerprint density at radius 3 is 2.31 bits per heavy atom. The fourth-order valence-corrected chi connectivity index (χ4v) is 4.19. The summed E-state index contributed by atoms with van der Waals surface area (Å²) < 4.78 is 24.5. The molecule has 0 aliphatic carbocycles. The first kappa shape index (κ1) is 23.6. The number of hydrogen-bond donors (Lipinski definition) is 1. The van der Waals surface area contributed by atoms with Crippen LogP contribution >= 0.6 is 12.4 Å². The Balaban J connectivity index is 0.00000289. The summed E-state index contributed by atoms with van der Waals surface area (Å²) in [6, 6.07) is 10.1. The SMILES string of the molecule is COc1ccc(OC)c2c1CCN(c1nc(Nc3ccc(F)cc3)nc(C)c1C)C2C.Cl. The van der Waals surface area contributed by atoms with Gasteiger partial charge in [-0.15, -0.1) is 12.4 Å². The predicted octanol–water partition coefficient (Wildman–Crippen LogP) is 5.54. The summed E-state index contributed by atoms with van der Waals surface area (Å²) in [6.07, 6.45) is 0.823. The molecule has 1 aliphatic rings. The highest BCUT2D eigenvalue weighted by Crippen LogP contribution is 2.43. The molecular formula is C24H28ClFN4O2. The van der Waals surface area contributed by atoms with Crippen molar-refractivity contribution in [1.82, 2.24) is 9.97 Å². The van der Waals surface area contributed by atoms with Gasteiger partial charge in [0.15, 0.2) is 0 Å². The van der Waals surface area contributed by atoms with Crippen molar-refractivity contribution < 1.29 is 13.9 Å². The second-order valence-electron chi connectivity index (χ2n) is 7.69. The Labute approximate surface area is 194 Å². The van der Waals surface area contributed by atoms with E-state index in [9.17, 15) is 4.39 Å². The highest BCUT2D eigenvalue weighted by Gasteiger charge is 2.31. The van der Waals surface area contributed by atoms with E-state index in [1.165, 1.54) is 17.7 Å². The summed E-state index contributed by atoms with van der Waals surface area (Å²) in [5.74, 6) is 2.82. The van der Waals surface area contributed by atoms with E-state index in [0.717, 1.165) is 52.8 Å². The third-order valence-electron chi connectivity index (χ3n) is 5.94. The van der Waals surface area contributed by atoms with Gasteiger partial charge in [0, 0.05) is 34.6 Å². The van der Waals surface area contributed by atoms with E-state index >= 15 is 0 Å². The van der Waals surface area contributed by atoms with Gasteiger partial charge in [-0.3, -0.25) is 0 Å². The van der Waals surface area contributed by atoms with Crippen LogP contribution in [0.1, 0.15) is 35.3 Å². The molecule has 0 radical (unpaired) electrons. The number of aromatic nitrogens is 2. The molecule has 0 amide bonds. The van der Waals surface area contributed by atoms with E-state index in [0.29, 0.717) is 5.95 Å². The highest BCUT2D eigenvalue weighted by atomic mass is 35.5. The van der Waals surface area contributed by atoms with E-state index in [4.69, 9.17) is 14.5 Å². The summed E-state index contributed by atoms with van der Waals surface area (Å²) in [5, 5.41) is 3.19. The minimum Gasteiger partial charge on any atom is -0.496 e. The average Bonchev–Trinajstić information content (AvgIpc) is 2.77. The van der Waals surface area contributed by atoms with E-state index in [2.05, 4.69) is 22.1 Å². The Hall–Kier alpha value is -3.06. The lowest BCUT2D eigenvalue weighted by molar-refractivity contribution is 0.385. The molecule has 3 aromatic rings. The van der Waals surface area contributed by atoms with Gasteiger partial charge in [0.1, 0.15) is 23.1 Å². The minimum absolute atomic E-state index is 0. The van der Waals surface area contributed by atoms with Crippen LogP contribution in [-0.2, 0) is 6.42 Å². The third-order valence-corrected chi connectivity index (χ3v) is 5.94. The number of rotatable bonds is 5. The summed E-state index contributed by atoms with van der Waals surface area (Å²) in [5.41, 5.74) is 4.96. The molecule has 0 saturated heterocycles. The number of fused-ring (bicyclic) bond motifs is 1. The van der Waals surface area contributed by atoms with Crippen molar-refractivity contribution in [2.75, 3.05) is 31.0 Å². The average molecular weight is 459 g/mol. The predicted molar refractivity (Wildman–Crippen MR) is 127 cm³/mol. The monoisotopic (exact) mass is 458 g/mol. The van der Waals surface area contributed by atoms with E-state index < -0.39 is 0 Å². The topological polar surface area (TPSA) is 59.5 Å². The minimum atomic E-state index is -0.280. The maximum Gasteiger partial charge on any atom is 0.229 e. The standard InChI is InChI=1S/C24H27FN4O2.ClH/c1-14-15(2)26-24(27-18-8-6-17(25)7-9-18)28-23(14)29-13-12-19-20(30-4)10-11-21(31-5)22(19)16(29)3;/h6-11,16H,12-13H2,1-5H3,(H,26,27,28);1H. The third kappa shape index (κ3) is 4.30. The number of hydrogen-bond acceptors (Lipinski definition) is 6. The van der Waals surface area contributed by atoms with Crippen molar-refractivity contribution in [2.24, 2.45) is 0 Å². The fourth-order valence-electron chi connectivity index (χ4n) is 4.19. The molecule has 1 N–H and O–H groups in total. The number of nitrogens with one attached hydrogen (secondary N) is 1. The Morgan fingerprint density at radius 1 is 1.00 bits per heavy atom. The van der Waals surface area contributed by atoms with Crippen molar-refractivity contribution >= 4 is 29.9 Å². The van der Waals surface area contributed by atoms with Crippen LogP contribution in [0, 0.1) is 19.7 Å². The molecule has 1 aliphatic heterocycles. The molecule has 1 unspecified atom stereocenters. The van der Waals surface area contributed by atoms with Gasteiger partial charge in [0.2, 0.25) is 5.95 Å². The molecule has 0 fully saturated rings. The number of aryl methyl sites for hydroxylation is 1. The van der Waals surface area contributed by atoms with Gasteiger partial charge < -0.3 is 19.7 Å². The zero-order chi connectivity index (χ0) is 22.1. The lowest BCUT2D eigenvalue weighted by Gasteiger charge is -2.38. The van der Waals surface area contributed by atoms with Crippen molar-refractivity contribution in [3.63, 3.8) is 0 Å². The van der Waals surface area contributed by atoms with Gasteiger partial charge in [-0.2, -0.15) is 4.98 Å². The van der Waals surface area contributed by atoms with E-state index in [1.807, 2.05) is 26.0 Å². The molecule has 1 atom stereocenters. The number of benzene rings is 2. The molecule has 2 heterocycles. The normalized spacial score (nSPS) is 14.9. The van der Waals surface area contributed by atoms with E-state index in [1.54, 1.807) is 26.4 Å². The van der Waals surface area contributed by atoms with Gasteiger partial charge in [0.25, 0.3) is 0 Å². The van der Waals surface area contributed by atoms with Crippen molar-refractivity contribution in [2.45, 2.75) is 33.2 Å². The van der Waals surface area contributed by atoms with Crippen LogP contribution in [0.15, 0.2) is 36.4 Å². The zero-order valence-corrected chi connectivity index (χ0v) is 19.7. The number of methoxy groups -OCH3 is 2. The number of halogens is 2. The lowest BCUT2D eigenvalue weighted by atomic mass is 9.91. The second-order valence-corrected chi connectivity index (χ2v) is 7.69. The van der Waals surface area contributed by atoms with Crippen LogP contribution in [0.4, 0.5) is 21.8 Å². The first-order valence-electron chi connectivity index (χ1n) is 10.3. The Bertz CT molecular complexity index is 1110. The van der Waals surface area contributed by atoms with Gasteiger partial charge >= 0.3 is 0 Å². The molecule has 4 rings (SSSR count). The molecule has 8 heteroatoms. The van der Waals surface area contributed by atoms with Crippen LogP contribution in [0.25, 0.3) is 0 Å². The van der Waals surface area contributed by atoms with Gasteiger partial charge in [0.05, 0.1) is 20.3 Å². The summed E-state index contributed by atoms with van der Waals surface area (Å²) in [7, 11) is 3.39. The van der Waals surface area contributed by atoms with Crippen LogP contribution in [-0.4, -0.2) is 30.7 Å². The highest BCUT2D eigenvalue weighted by molar-refractivity contribution is 5.85. The van der Waals surface area contributed by atoms with Crippen LogP contribution in [0.2, 0.25) is 0 Å². The maximum absolute atomic E-state index is 13.2. The van der Waals surface area contributed by atoms with Gasteiger partial charge in [-0.1, -0.05) is 0 Å². The molecule has 1 aromatic heterocycles. The lowest BCUT2D eigenvalue weighted by Crippen LogP contribution is -2.36.